The molecular weight excluding hydrogens is 322 g/mol. The van der Waals surface area contributed by atoms with Crippen LogP contribution in [0.5, 0.6) is 0 Å². The van der Waals surface area contributed by atoms with E-state index < -0.39 is 0 Å². The first kappa shape index (κ1) is 12.8. The van der Waals surface area contributed by atoms with Crippen molar-refractivity contribution in [1.29, 1.82) is 0 Å². The van der Waals surface area contributed by atoms with Crippen LogP contribution in [0.3, 0.4) is 0 Å². The van der Waals surface area contributed by atoms with Crippen LogP contribution in [0.1, 0.15) is 5.82 Å². The van der Waals surface area contributed by atoms with Gasteiger partial charge in [-0.15, -0.1) is 0 Å². The second-order valence-electron chi connectivity index (χ2n) is 4.34. The number of nitrogens with zero attached hydrogens (tertiary/aromatic N) is 2. The third-order valence-corrected chi connectivity index (χ3v) is 3.40. The fraction of sp³-hybridized carbons (Fsp3) is 0.0714. The fourth-order valence-electron chi connectivity index (χ4n) is 2.00. The van der Waals surface area contributed by atoms with Gasteiger partial charge in [0, 0.05) is 16.7 Å². The van der Waals surface area contributed by atoms with Gasteiger partial charge in [0.1, 0.15) is 5.82 Å². The van der Waals surface area contributed by atoms with Gasteiger partial charge in [0.05, 0.1) is 17.4 Å². The highest BCUT2D eigenvalue weighted by molar-refractivity contribution is 9.10. The summed E-state index contributed by atoms with van der Waals surface area (Å²) in [6.45, 7) is 0.221. The summed E-state index contributed by atoms with van der Waals surface area (Å²) in [5.74, 6) is 0.453. The lowest BCUT2D eigenvalue weighted by Crippen LogP contribution is -2.22. The van der Waals surface area contributed by atoms with Crippen LogP contribution in [-0.2, 0) is 6.54 Å². The van der Waals surface area contributed by atoms with Crippen LogP contribution < -0.4 is 11.1 Å². The first-order valence-electron chi connectivity index (χ1n) is 5.97. The molecule has 0 saturated carbocycles. The van der Waals surface area contributed by atoms with Crippen molar-refractivity contribution >= 4 is 26.8 Å². The van der Waals surface area contributed by atoms with Crippen LogP contribution in [-0.4, -0.2) is 14.5 Å². The van der Waals surface area contributed by atoms with Crippen LogP contribution in [0.2, 0.25) is 0 Å². The van der Waals surface area contributed by atoms with Crippen molar-refractivity contribution in [2.75, 3.05) is 0 Å². The molecule has 0 spiro atoms. The van der Waals surface area contributed by atoms with Gasteiger partial charge in [-0.3, -0.25) is 9.59 Å². The number of rotatable bonds is 2. The van der Waals surface area contributed by atoms with E-state index in [9.17, 15) is 9.59 Å². The van der Waals surface area contributed by atoms with E-state index >= 15 is 0 Å². The minimum atomic E-state index is -0.200. The number of para-hydroxylation sites is 1. The van der Waals surface area contributed by atoms with Crippen molar-refractivity contribution < 1.29 is 0 Å². The lowest BCUT2D eigenvalue weighted by molar-refractivity contribution is 0.713. The van der Waals surface area contributed by atoms with Crippen LogP contribution in [0.25, 0.3) is 10.9 Å². The number of benzene rings is 1. The first-order chi connectivity index (χ1) is 9.63. The summed E-state index contributed by atoms with van der Waals surface area (Å²) in [5.41, 5.74) is 0.270. The van der Waals surface area contributed by atoms with E-state index in [-0.39, 0.29) is 17.7 Å². The number of aromatic nitrogens is 3. The summed E-state index contributed by atoms with van der Waals surface area (Å²) in [6, 6.07) is 10.2. The molecule has 2 heterocycles. The van der Waals surface area contributed by atoms with Crippen molar-refractivity contribution in [3.8, 4) is 0 Å². The van der Waals surface area contributed by atoms with Gasteiger partial charge in [0.15, 0.2) is 0 Å². The van der Waals surface area contributed by atoms with Crippen molar-refractivity contribution in [2.24, 2.45) is 0 Å². The molecule has 6 heteroatoms. The summed E-state index contributed by atoms with van der Waals surface area (Å²) in [5, 5.41) is 0.540. The van der Waals surface area contributed by atoms with Crippen molar-refractivity contribution in [3.05, 3.63) is 73.6 Å². The Morgan fingerprint density at radius 1 is 1.15 bits per heavy atom. The van der Waals surface area contributed by atoms with Gasteiger partial charge in [-0.05, 0) is 34.1 Å². The molecule has 0 atom stereocenters. The molecule has 1 N–H and O–H groups in total. The quantitative estimate of drug-likeness (QED) is 0.779. The Kier molecular flexibility index (Phi) is 3.23. The van der Waals surface area contributed by atoms with E-state index in [1.165, 1.54) is 10.6 Å². The van der Waals surface area contributed by atoms with Gasteiger partial charge in [-0.1, -0.05) is 12.1 Å². The smallest absolute Gasteiger partial charge is 0.258 e. The molecule has 0 aliphatic carbocycles. The minimum absolute atomic E-state index is 0.149. The summed E-state index contributed by atoms with van der Waals surface area (Å²) in [4.78, 5) is 30.8. The number of fused-ring (bicyclic) bond motifs is 1. The Morgan fingerprint density at radius 3 is 2.80 bits per heavy atom. The zero-order valence-corrected chi connectivity index (χ0v) is 11.9. The Labute approximate surface area is 122 Å². The molecule has 100 valence electrons. The maximum atomic E-state index is 11.9. The molecule has 0 bridgehead atoms. The average Bonchev–Trinajstić information content (AvgIpc) is 2.43. The number of nitrogens with one attached hydrogen (secondary N) is 1. The highest BCUT2D eigenvalue weighted by Gasteiger charge is 2.05. The second-order valence-corrected chi connectivity index (χ2v) is 5.26. The number of halogens is 1. The molecule has 0 amide bonds. The SMILES string of the molecule is O=c1[nH]c(Cn2cc(Br)ccc2=O)nc2ccccc12. The molecule has 20 heavy (non-hydrogen) atoms. The lowest BCUT2D eigenvalue weighted by Gasteiger charge is -2.06. The highest BCUT2D eigenvalue weighted by atomic mass is 79.9. The molecule has 3 rings (SSSR count). The zero-order chi connectivity index (χ0) is 14.1. The predicted molar refractivity (Wildman–Crippen MR) is 79.9 cm³/mol. The summed E-state index contributed by atoms with van der Waals surface area (Å²) >= 11 is 3.31. The summed E-state index contributed by atoms with van der Waals surface area (Å²) in [6.07, 6.45) is 1.66. The standard InChI is InChI=1S/C14H10BrN3O2/c15-9-5-6-13(19)18(7-9)8-12-16-11-4-2-1-3-10(11)14(20)17-12/h1-7H,8H2,(H,16,17,20). The number of hydrogen-bond acceptors (Lipinski definition) is 3. The molecular formula is C14H10BrN3O2. The van der Waals surface area contributed by atoms with Crippen LogP contribution in [0, 0.1) is 0 Å². The third-order valence-electron chi connectivity index (χ3n) is 2.93. The summed E-state index contributed by atoms with van der Waals surface area (Å²) in [7, 11) is 0. The molecule has 0 aliphatic rings. The van der Waals surface area contributed by atoms with Gasteiger partial charge in [0.25, 0.3) is 11.1 Å². The molecule has 0 aliphatic heterocycles. The highest BCUT2D eigenvalue weighted by Crippen LogP contribution is 2.08. The molecule has 0 unspecified atom stereocenters. The van der Waals surface area contributed by atoms with E-state index in [1.807, 2.05) is 6.07 Å². The molecule has 5 nitrogen and oxygen atoms in total. The maximum absolute atomic E-state index is 11.9. The summed E-state index contributed by atoms with van der Waals surface area (Å²) < 4.78 is 2.28. The number of aromatic amines is 1. The van der Waals surface area contributed by atoms with Crippen LogP contribution >= 0.6 is 15.9 Å². The number of H-pyrrole nitrogens is 1. The monoisotopic (exact) mass is 331 g/mol. The Morgan fingerprint density at radius 2 is 1.95 bits per heavy atom. The molecule has 2 aromatic heterocycles. The topological polar surface area (TPSA) is 67.8 Å². The van der Waals surface area contributed by atoms with Gasteiger partial charge in [-0.2, -0.15) is 0 Å². The van der Waals surface area contributed by atoms with Crippen molar-refractivity contribution in [1.82, 2.24) is 14.5 Å². The average molecular weight is 332 g/mol. The van der Waals surface area contributed by atoms with Crippen LogP contribution in [0.4, 0.5) is 0 Å². The molecule has 3 aromatic rings. The van der Waals surface area contributed by atoms with Gasteiger partial charge < -0.3 is 9.55 Å². The molecule has 0 saturated heterocycles. The predicted octanol–water partition coefficient (Wildman–Crippen LogP) is 1.90. The van der Waals surface area contributed by atoms with Gasteiger partial charge in [0.2, 0.25) is 0 Å². The largest absolute Gasteiger partial charge is 0.308 e. The Bertz CT molecular complexity index is 899. The maximum Gasteiger partial charge on any atom is 0.258 e. The van der Waals surface area contributed by atoms with Gasteiger partial charge in [-0.25, -0.2) is 4.98 Å². The van der Waals surface area contributed by atoms with Crippen molar-refractivity contribution in [3.63, 3.8) is 0 Å². The minimum Gasteiger partial charge on any atom is -0.308 e. The Hall–Kier alpha value is -2.21. The molecule has 0 radical (unpaired) electrons. The van der Waals surface area contributed by atoms with Crippen LogP contribution in [0.15, 0.2) is 56.7 Å². The molecule has 1 aromatic carbocycles. The van der Waals surface area contributed by atoms with Crippen molar-refractivity contribution in [2.45, 2.75) is 6.54 Å². The lowest BCUT2D eigenvalue weighted by atomic mass is 10.2. The number of pyridine rings is 1. The molecule has 0 fully saturated rings. The Balaban J connectivity index is 2.09. The fourth-order valence-corrected chi connectivity index (χ4v) is 2.38. The zero-order valence-electron chi connectivity index (χ0n) is 10.3. The van der Waals surface area contributed by atoms with E-state index in [4.69, 9.17) is 0 Å². The van der Waals surface area contributed by atoms with E-state index in [0.717, 1.165) is 4.47 Å². The van der Waals surface area contributed by atoms with E-state index in [0.29, 0.717) is 16.7 Å². The van der Waals surface area contributed by atoms with E-state index in [1.54, 1.807) is 30.5 Å². The van der Waals surface area contributed by atoms with E-state index in [2.05, 4.69) is 25.9 Å². The number of hydrogen-bond donors (Lipinski definition) is 1. The van der Waals surface area contributed by atoms with Gasteiger partial charge >= 0.3 is 0 Å². The second kappa shape index (κ2) is 5.05. The first-order valence-corrected chi connectivity index (χ1v) is 6.77. The normalized spacial score (nSPS) is 10.8. The third kappa shape index (κ3) is 2.42.